The molecule has 1 aliphatic heterocycles. The Labute approximate surface area is 251 Å². The van der Waals surface area contributed by atoms with E-state index in [0.717, 1.165) is 22.5 Å². The number of aromatic nitrogens is 2. The minimum atomic E-state index is -0.220. The fraction of sp³-hybridized carbons (Fsp3) is 0.194. The van der Waals surface area contributed by atoms with Crippen LogP contribution in [0.4, 0.5) is 17.3 Å². The predicted octanol–water partition coefficient (Wildman–Crippen LogP) is 7.93. The molecule has 1 aromatic heterocycles. The maximum Gasteiger partial charge on any atom is 0.194 e. The minimum absolute atomic E-state index is 0.0929. The highest BCUT2D eigenvalue weighted by molar-refractivity contribution is 6.27. The van der Waals surface area contributed by atoms with E-state index in [1.54, 1.807) is 30.3 Å². The molecule has 0 saturated heterocycles. The molecule has 7 nitrogen and oxygen atoms in total. The van der Waals surface area contributed by atoms with Crippen LogP contribution in [0, 0.1) is 22.7 Å². The maximum atomic E-state index is 13.6. The summed E-state index contributed by atoms with van der Waals surface area (Å²) in [6, 6.07) is 25.3. The van der Waals surface area contributed by atoms with Crippen LogP contribution in [-0.4, -0.2) is 22.8 Å². The number of hydrogen-bond acceptors (Lipinski definition) is 7. The molecule has 210 valence electrons. The van der Waals surface area contributed by atoms with Crippen LogP contribution in [0.5, 0.6) is 0 Å². The third-order valence-electron chi connectivity index (χ3n) is 8.03. The number of anilines is 3. The Kier molecular flexibility index (Phi) is 6.88. The summed E-state index contributed by atoms with van der Waals surface area (Å²) in [4.78, 5) is 27.9. The molecule has 3 aromatic carbocycles. The Bertz CT molecular complexity index is 1960. The van der Waals surface area contributed by atoms with Crippen LogP contribution in [0.3, 0.4) is 0 Å². The van der Waals surface area contributed by atoms with Crippen molar-refractivity contribution in [3.63, 3.8) is 0 Å². The van der Waals surface area contributed by atoms with Crippen molar-refractivity contribution in [2.24, 2.45) is 0 Å². The Hall–Kier alpha value is -5.53. The molecule has 2 aliphatic rings. The summed E-state index contributed by atoms with van der Waals surface area (Å²) in [7, 11) is 1.94. The molecule has 43 heavy (non-hydrogen) atoms. The van der Waals surface area contributed by atoms with Gasteiger partial charge in [-0.15, -0.1) is 0 Å². The van der Waals surface area contributed by atoms with E-state index in [1.165, 1.54) is 11.1 Å². The molecule has 1 aliphatic carbocycles. The zero-order valence-electron chi connectivity index (χ0n) is 24.8. The molecule has 0 N–H and O–H groups in total. The number of para-hydroxylation sites is 3. The van der Waals surface area contributed by atoms with Gasteiger partial charge in [-0.25, -0.2) is 9.97 Å². The summed E-state index contributed by atoms with van der Waals surface area (Å²) < 4.78 is 0. The van der Waals surface area contributed by atoms with E-state index >= 15 is 0 Å². The van der Waals surface area contributed by atoms with Crippen molar-refractivity contribution >= 4 is 39.7 Å². The largest absolute Gasteiger partial charge is 0.312 e. The molecule has 0 unspecified atom stereocenters. The quantitative estimate of drug-likeness (QED) is 0.184. The first-order chi connectivity index (χ1) is 20.8. The van der Waals surface area contributed by atoms with E-state index in [-0.39, 0.29) is 23.2 Å². The van der Waals surface area contributed by atoms with Crippen molar-refractivity contribution in [2.45, 2.75) is 39.5 Å². The van der Waals surface area contributed by atoms with Crippen LogP contribution in [-0.2, 0) is 0 Å². The van der Waals surface area contributed by atoms with Gasteiger partial charge in [0.1, 0.15) is 23.5 Å². The van der Waals surface area contributed by atoms with Crippen molar-refractivity contribution in [2.75, 3.05) is 16.8 Å². The van der Waals surface area contributed by atoms with E-state index < -0.39 is 0 Å². The average molecular weight is 563 g/mol. The first-order valence-corrected chi connectivity index (χ1v) is 14.3. The standard InChI is InChI=1S/C36H30N6O/c1-21(2)24-13-10-14-25(22(3)4)33(24)42-31(41(5)35-36(42)40-30-16-9-8-15-29(30)39-35)18-17-28-32(23(19-37)20-38)26-11-6-7-12-27(26)34(28)43/h6-18,21-22H,1-5H3/b28-17+,31-18+. The van der Waals surface area contributed by atoms with E-state index in [9.17, 15) is 15.3 Å². The second-order valence-corrected chi connectivity index (χ2v) is 11.3. The van der Waals surface area contributed by atoms with Crippen LogP contribution in [0.15, 0.2) is 95.8 Å². The lowest BCUT2D eigenvalue weighted by molar-refractivity contribution is 0.104. The summed E-state index contributed by atoms with van der Waals surface area (Å²) in [6.45, 7) is 8.71. The van der Waals surface area contributed by atoms with Gasteiger partial charge in [0.2, 0.25) is 0 Å². The highest BCUT2D eigenvalue weighted by Crippen LogP contribution is 2.49. The summed E-state index contributed by atoms with van der Waals surface area (Å²) in [6.07, 6.45) is 3.60. The van der Waals surface area contributed by atoms with Gasteiger partial charge in [0.25, 0.3) is 0 Å². The number of carbonyl (C=O) groups excluding carboxylic acids is 1. The van der Waals surface area contributed by atoms with Crippen molar-refractivity contribution in [3.8, 4) is 12.1 Å². The van der Waals surface area contributed by atoms with Gasteiger partial charge in [-0.05, 0) is 52.8 Å². The number of hydrogen-bond donors (Lipinski definition) is 0. The molecule has 7 heteroatoms. The highest BCUT2D eigenvalue weighted by Gasteiger charge is 2.37. The van der Waals surface area contributed by atoms with Gasteiger partial charge in [0.15, 0.2) is 17.4 Å². The van der Waals surface area contributed by atoms with Gasteiger partial charge in [-0.2, -0.15) is 10.5 Å². The molecule has 0 saturated carbocycles. The van der Waals surface area contributed by atoms with Gasteiger partial charge < -0.3 is 4.90 Å². The van der Waals surface area contributed by atoms with Crippen molar-refractivity contribution in [3.05, 3.63) is 118 Å². The number of benzene rings is 3. The number of fused-ring (bicyclic) bond motifs is 3. The first kappa shape index (κ1) is 27.6. The number of nitrogens with zero attached hydrogens (tertiary/aromatic N) is 6. The Balaban J connectivity index is 1.65. The zero-order valence-corrected chi connectivity index (χ0v) is 24.8. The number of nitriles is 2. The lowest BCUT2D eigenvalue weighted by Gasteiger charge is -2.29. The van der Waals surface area contributed by atoms with Gasteiger partial charge >= 0.3 is 0 Å². The van der Waals surface area contributed by atoms with Gasteiger partial charge in [-0.3, -0.25) is 9.69 Å². The van der Waals surface area contributed by atoms with Crippen LogP contribution in [0.2, 0.25) is 0 Å². The fourth-order valence-corrected chi connectivity index (χ4v) is 5.93. The molecular weight excluding hydrogens is 532 g/mol. The average Bonchev–Trinajstić information content (AvgIpc) is 3.44. The molecule has 2 heterocycles. The third kappa shape index (κ3) is 4.38. The van der Waals surface area contributed by atoms with Crippen LogP contribution >= 0.6 is 0 Å². The topological polar surface area (TPSA) is 96.9 Å². The lowest BCUT2D eigenvalue weighted by atomic mass is 9.92. The summed E-state index contributed by atoms with van der Waals surface area (Å²) in [5, 5.41) is 19.6. The monoisotopic (exact) mass is 562 g/mol. The molecule has 0 amide bonds. The van der Waals surface area contributed by atoms with Gasteiger partial charge in [-0.1, -0.05) is 82.3 Å². The molecule has 6 rings (SSSR count). The van der Waals surface area contributed by atoms with Crippen LogP contribution < -0.4 is 9.80 Å². The van der Waals surface area contributed by atoms with Gasteiger partial charge in [0.05, 0.1) is 16.7 Å². The Morgan fingerprint density at radius 1 is 0.767 bits per heavy atom. The summed E-state index contributed by atoms with van der Waals surface area (Å²) >= 11 is 0. The normalized spacial score (nSPS) is 15.9. The van der Waals surface area contributed by atoms with E-state index in [0.29, 0.717) is 33.9 Å². The summed E-state index contributed by atoms with van der Waals surface area (Å²) in [5.74, 6) is 2.39. The molecule has 0 fully saturated rings. The van der Waals surface area contributed by atoms with Crippen LogP contribution in [0.25, 0.3) is 16.6 Å². The minimum Gasteiger partial charge on any atom is -0.312 e. The number of Topliss-reactive ketones (excluding diaryl/α,β-unsaturated/α-hetero) is 1. The van der Waals surface area contributed by atoms with Crippen molar-refractivity contribution < 1.29 is 4.79 Å². The van der Waals surface area contributed by atoms with E-state index in [1.807, 2.05) is 54.4 Å². The second kappa shape index (κ2) is 10.7. The van der Waals surface area contributed by atoms with Crippen LogP contribution in [0.1, 0.15) is 66.6 Å². The fourth-order valence-electron chi connectivity index (χ4n) is 5.93. The highest BCUT2D eigenvalue weighted by atomic mass is 16.1. The van der Waals surface area contributed by atoms with Gasteiger partial charge in [0, 0.05) is 23.8 Å². The number of rotatable bonds is 4. The van der Waals surface area contributed by atoms with E-state index in [2.05, 4.69) is 50.8 Å². The van der Waals surface area contributed by atoms with Crippen molar-refractivity contribution in [1.82, 2.24) is 9.97 Å². The Morgan fingerprint density at radius 3 is 1.91 bits per heavy atom. The Morgan fingerprint density at radius 2 is 1.33 bits per heavy atom. The summed E-state index contributed by atoms with van der Waals surface area (Å²) in [5.41, 5.74) is 6.60. The molecular formula is C36H30N6O. The smallest absolute Gasteiger partial charge is 0.194 e. The lowest BCUT2D eigenvalue weighted by Crippen LogP contribution is -2.24. The molecule has 0 atom stereocenters. The molecule has 0 bridgehead atoms. The number of carbonyl (C=O) groups is 1. The molecule has 4 aromatic rings. The number of ketones is 1. The van der Waals surface area contributed by atoms with E-state index in [4.69, 9.17) is 9.97 Å². The maximum absolute atomic E-state index is 13.6. The SMILES string of the molecule is CC(C)c1cccc(C(C)C)c1N1/C(=C/C=C2/C(=O)c3ccccc3C2=C(C#N)C#N)N(C)c2nc3ccccc3nc21. The molecule has 0 spiro atoms. The second-order valence-electron chi connectivity index (χ2n) is 11.3. The third-order valence-corrected chi connectivity index (χ3v) is 8.03. The zero-order chi connectivity index (χ0) is 30.4. The number of allylic oxidation sites excluding steroid dienone is 5. The van der Waals surface area contributed by atoms with Crippen molar-refractivity contribution in [1.29, 1.82) is 10.5 Å². The predicted molar refractivity (Wildman–Crippen MR) is 170 cm³/mol. The first-order valence-electron chi connectivity index (χ1n) is 14.3. The molecule has 0 radical (unpaired) electrons.